The van der Waals surface area contributed by atoms with Crippen LogP contribution in [0, 0.1) is 0 Å². The van der Waals surface area contributed by atoms with Gasteiger partial charge in [-0.05, 0) is 19.1 Å². The molecule has 0 spiro atoms. The number of furan rings is 1. The fourth-order valence-corrected chi connectivity index (χ4v) is 1.37. The van der Waals surface area contributed by atoms with Crippen LogP contribution in [0.5, 0.6) is 0 Å². The van der Waals surface area contributed by atoms with E-state index < -0.39 is 6.10 Å². The molecule has 0 aliphatic carbocycles. The molecule has 0 saturated carbocycles. The number of aliphatic hydroxyl groups is 1. The van der Waals surface area contributed by atoms with Crippen molar-refractivity contribution < 1.29 is 19.0 Å². The van der Waals surface area contributed by atoms with Crippen molar-refractivity contribution >= 4 is 0 Å². The Morgan fingerprint density at radius 3 is 2.94 bits per heavy atom. The molecular formula is C12H21NO4. The summed E-state index contributed by atoms with van der Waals surface area (Å²) in [5, 5.41) is 12.8. The van der Waals surface area contributed by atoms with E-state index in [2.05, 4.69) is 5.32 Å². The van der Waals surface area contributed by atoms with E-state index >= 15 is 0 Å². The molecule has 0 radical (unpaired) electrons. The molecule has 0 fully saturated rings. The third-order valence-corrected chi connectivity index (χ3v) is 2.37. The maximum absolute atomic E-state index is 9.64. The summed E-state index contributed by atoms with van der Waals surface area (Å²) in [6, 6.07) is 3.83. The van der Waals surface area contributed by atoms with Gasteiger partial charge < -0.3 is 24.3 Å². The van der Waals surface area contributed by atoms with Crippen LogP contribution in [0.25, 0.3) is 0 Å². The lowest BCUT2D eigenvalue weighted by Crippen LogP contribution is -2.32. The molecule has 5 nitrogen and oxygen atoms in total. The summed E-state index contributed by atoms with van der Waals surface area (Å²) in [4.78, 5) is 0. The van der Waals surface area contributed by atoms with E-state index in [1.807, 2.05) is 19.1 Å². The molecule has 5 heteroatoms. The SMILES string of the molecule is COCCOCC(O)CN[C@@H](C)c1ccco1. The maximum atomic E-state index is 9.64. The third kappa shape index (κ3) is 5.83. The highest BCUT2D eigenvalue weighted by molar-refractivity contribution is 5.02. The van der Waals surface area contributed by atoms with Gasteiger partial charge in [-0.3, -0.25) is 0 Å². The summed E-state index contributed by atoms with van der Waals surface area (Å²) in [5.74, 6) is 0.859. The predicted octanol–water partition coefficient (Wildman–Crippen LogP) is 0.954. The van der Waals surface area contributed by atoms with Crippen LogP contribution in [0.1, 0.15) is 18.7 Å². The normalized spacial score (nSPS) is 14.8. The largest absolute Gasteiger partial charge is 0.468 e. The summed E-state index contributed by atoms with van der Waals surface area (Å²) < 4.78 is 15.3. The van der Waals surface area contributed by atoms with Crippen LogP contribution >= 0.6 is 0 Å². The monoisotopic (exact) mass is 243 g/mol. The van der Waals surface area contributed by atoms with Gasteiger partial charge in [-0.2, -0.15) is 0 Å². The zero-order valence-corrected chi connectivity index (χ0v) is 10.4. The molecule has 1 heterocycles. The van der Waals surface area contributed by atoms with Crippen LogP contribution in [0.2, 0.25) is 0 Å². The summed E-state index contributed by atoms with van der Waals surface area (Å²) >= 11 is 0. The highest BCUT2D eigenvalue weighted by Crippen LogP contribution is 2.11. The van der Waals surface area contributed by atoms with E-state index in [0.717, 1.165) is 5.76 Å². The predicted molar refractivity (Wildman–Crippen MR) is 63.8 cm³/mol. The average Bonchev–Trinajstić information content (AvgIpc) is 2.85. The molecule has 0 aromatic carbocycles. The quantitative estimate of drug-likeness (QED) is 0.632. The Balaban J connectivity index is 2.09. The first-order valence-electron chi connectivity index (χ1n) is 5.75. The van der Waals surface area contributed by atoms with Crippen LogP contribution in [0.3, 0.4) is 0 Å². The number of ether oxygens (including phenoxy) is 2. The van der Waals surface area contributed by atoms with Gasteiger partial charge >= 0.3 is 0 Å². The fourth-order valence-electron chi connectivity index (χ4n) is 1.37. The summed E-state index contributed by atoms with van der Waals surface area (Å²) in [6.45, 7) is 3.80. The maximum Gasteiger partial charge on any atom is 0.120 e. The zero-order chi connectivity index (χ0) is 12.5. The van der Waals surface area contributed by atoms with Crippen LogP contribution < -0.4 is 5.32 Å². The van der Waals surface area contributed by atoms with E-state index in [1.54, 1.807) is 13.4 Å². The lowest BCUT2D eigenvalue weighted by molar-refractivity contribution is 0.0128. The average molecular weight is 243 g/mol. The molecule has 0 amide bonds. The van der Waals surface area contributed by atoms with Crippen molar-refractivity contribution in [3.63, 3.8) is 0 Å². The van der Waals surface area contributed by atoms with Gasteiger partial charge in [0.15, 0.2) is 0 Å². The Bertz CT molecular complexity index is 276. The first-order chi connectivity index (χ1) is 8.24. The smallest absolute Gasteiger partial charge is 0.120 e. The summed E-state index contributed by atoms with van der Waals surface area (Å²) in [6.07, 6.45) is 1.11. The number of rotatable bonds is 9. The molecule has 1 aromatic heterocycles. The minimum absolute atomic E-state index is 0.0821. The molecule has 1 rings (SSSR count). The first kappa shape index (κ1) is 14.2. The number of hydrogen-bond acceptors (Lipinski definition) is 5. The van der Waals surface area contributed by atoms with Gasteiger partial charge in [-0.1, -0.05) is 0 Å². The molecule has 98 valence electrons. The highest BCUT2D eigenvalue weighted by Gasteiger charge is 2.10. The molecule has 1 unspecified atom stereocenters. The topological polar surface area (TPSA) is 63.9 Å². The summed E-state index contributed by atoms with van der Waals surface area (Å²) in [7, 11) is 1.62. The van der Waals surface area contributed by atoms with Crippen molar-refractivity contribution in [2.24, 2.45) is 0 Å². The van der Waals surface area contributed by atoms with Crippen LogP contribution in [0.15, 0.2) is 22.8 Å². The minimum atomic E-state index is -0.524. The van der Waals surface area contributed by atoms with E-state index in [-0.39, 0.29) is 6.04 Å². The number of nitrogens with one attached hydrogen (secondary N) is 1. The van der Waals surface area contributed by atoms with E-state index in [1.165, 1.54) is 0 Å². The van der Waals surface area contributed by atoms with Crippen molar-refractivity contribution in [2.45, 2.75) is 19.1 Å². The lowest BCUT2D eigenvalue weighted by atomic mass is 10.2. The summed E-state index contributed by atoms with van der Waals surface area (Å²) in [5.41, 5.74) is 0. The second-order valence-corrected chi connectivity index (χ2v) is 3.87. The Morgan fingerprint density at radius 2 is 2.29 bits per heavy atom. The second kappa shape index (κ2) is 8.25. The van der Waals surface area contributed by atoms with Gasteiger partial charge in [-0.15, -0.1) is 0 Å². The molecular weight excluding hydrogens is 222 g/mol. The van der Waals surface area contributed by atoms with Crippen LogP contribution in [0.4, 0.5) is 0 Å². The molecule has 2 atom stereocenters. The van der Waals surface area contributed by atoms with Gasteiger partial charge in [-0.25, -0.2) is 0 Å². The van der Waals surface area contributed by atoms with Crippen molar-refractivity contribution in [1.29, 1.82) is 0 Å². The Morgan fingerprint density at radius 1 is 1.47 bits per heavy atom. The van der Waals surface area contributed by atoms with Crippen LogP contribution in [-0.4, -0.2) is 44.7 Å². The minimum Gasteiger partial charge on any atom is -0.468 e. The van der Waals surface area contributed by atoms with Gasteiger partial charge in [0.2, 0.25) is 0 Å². The number of methoxy groups -OCH3 is 1. The lowest BCUT2D eigenvalue weighted by Gasteiger charge is -2.15. The molecule has 1 aromatic rings. The molecule has 17 heavy (non-hydrogen) atoms. The van der Waals surface area contributed by atoms with Crippen molar-refractivity contribution in [3.05, 3.63) is 24.2 Å². The third-order valence-electron chi connectivity index (χ3n) is 2.37. The Labute approximate surface area is 102 Å². The first-order valence-corrected chi connectivity index (χ1v) is 5.75. The van der Waals surface area contributed by atoms with Gasteiger partial charge in [0.1, 0.15) is 5.76 Å². The zero-order valence-electron chi connectivity index (χ0n) is 10.4. The highest BCUT2D eigenvalue weighted by atomic mass is 16.5. The molecule has 0 aliphatic heterocycles. The molecule has 2 N–H and O–H groups in total. The van der Waals surface area contributed by atoms with E-state index in [9.17, 15) is 5.11 Å². The van der Waals surface area contributed by atoms with E-state index in [4.69, 9.17) is 13.9 Å². The van der Waals surface area contributed by atoms with Gasteiger partial charge in [0.25, 0.3) is 0 Å². The second-order valence-electron chi connectivity index (χ2n) is 3.87. The molecule has 0 bridgehead atoms. The molecule has 0 saturated heterocycles. The van der Waals surface area contributed by atoms with E-state index in [0.29, 0.717) is 26.4 Å². The fraction of sp³-hybridized carbons (Fsp3) is 0.667. The van der Waals surface area contributed by atoms with Gasteiger partial charge in [0.05, 0.1) is 38.2 Å². The van der Waals surface area contributed by atoms with Gasteiger partial charge in [0, 0.05) is 13.7 Å². The number of hydrogen-bond donors (Lipinski definition) is 2. The molecule has 0 aliphatic rings. The number of aliphatic hydroxyl groups excluding tert-OH is 1. The van der Waals surface area contributed by atoms with Crippen LogP contribution in [-0.2, 0) is 9.47 Å². The van der Waals surface area contributed by atoms with Crippen molar-refractivity contribution in [3.8, 4) is 0 Å². The van der Waals surface area contributed by atoms with Crippen molar-refractivity contribution in [1.82, 2.24) is 5.32 Å². The Hall–Kier alpha value is -0.880. The standard InChI is InChI=1S/C12H21NO4/c1-10(12-4-3-5-17-12)13-8-11(14)9-16-7-6-15-2/h3-5,10-11,13-14H,6-9H2,1-2H3/t10-,11?/m0/s1. The Kier molecular flexibility index (Phi) is 6.88. The van der Waals surface area contributed by atoms with Crippen molar-refractivity contribution in [2.75, 3.05) is 33.5 Å².